The first-order chi connectivity index (χ1) is 14.5. The Morgan fingerprint density at radius 3 is 2.20 bits per heavy atom. The molecule has 3 rings (SSSR count). The first-order valence-corrected chi connectivity index (χ1v) is 9.59. The highest BCUT2D eigenvalue weighted by Crippen LogP contribution is 2.50. The minimum Gasteiger partial charge on any atom is -0.504 e. The van der Waals surface area contributed by atoms with E-state index in [1.807, 2.05) is 56.3 Å². The van der Waals surface area contributed by atoms with Gasteiger partial charge in [-0.1, -0.05) is 42.0 Å². The fraction of sp³-hybridized carbons (Fsp3) is 0.200. The third-order valence-electron chi connectivity index (χ3n) is 4.71. The zero-order valence-electron chi connectivity index (χ0n) is 17.6. The predicted octanol–water partition coefficient (Wildman–Crippen LogP) is 5.79. The van der Waals surface area contributed by atoms with Gasteiger partial charge in [-0.2, -0.15) is 0 Å². The van der Waals surface area contributed by atoms with Crippen LogP contribution in [0.2, 0.25) is 0 Å². The maximum atomic E-state index is 11.0. The van der Waals surface area contributed by atoms with Gasteiger partial charge in [0.15, 0.2) is 23.0 Å². The lowest BCUT2D eigenvalue weighted by Crippen LogP contribution is -1.97. The highest BCUT2D eigenvalue weighted by atomic mass is 16.5. The van der Waals surface area contributed by atoms with Crippen LogP contribution < -0.4 is 14.2 Å². The fourth-order valence-corrected chi connectivity index (χ4v) is 3.20. The molecule has 30 heavy (non-hydrogen) atoms. The van der Waals surface area contributed by atoms with Crippen LogP contribution in [0.3, 0.4) is 0 Å². The Labute approximate surface area is 176 Å². The first-order valence-electron chi connectivity index (χ1n) is 9.59. The maximum Gasteiger partial charge on any atom is 0.170 e. The van der Waals surface area contributed by atoms with Gasteiger partial charge in [0.05, 0.1) is 19.8 Å². The van der Waals surface area contributed by atoms with Crippen LogP contribution in [0, 0.1) is 0 Å². The van der Waals surface area contributed by atoms with Gasteiger partial charge in [-0.3, -0.25) is 0 Å². The monoisotopic (exact) mass is 406 g/mol. The minimum atomic E-state index is -0.0617. The van der Waals surface area contributed by atoms with Crippen LogP contribution in [0.4, 0.5) is 0 Å². The summed E-state index contributed by atoms with van der Waals surface area (Å²) in [6, 6.07) is 16.4. The molecule has 0 atom stereocenters. The molecule has 5 heteroatoms. The number of ether oxygens (including phenoxy) is 3. The average Bonchev–Trinajstić information content (AvgIpc) is 2.74. The standard InChI is InChI=1S/C25H26O5/c1-16(2)12-13-30-21-11-10-18(14-20(21)26)23-22(28-3)15-19(25(29-4)24(23)27)17-8-6-5-7-9-17/h5-12,14-15,26-27H,13H2,1-4H3. The van der Waals surface area contributed by atoms with E-state index in [9.17, 15) is 10.2 Å². The van der Waals surface area contributed by atoms with Gasteiger partial charge in [-0.15, -0.1) is 0 Å². The fourth-order valence-electron chi connectivity index (χ4n) is 3.20. The molecule has 0 fully saturated rings. The molecular formula is C25H26O5. The van der Waals surface area contributed by atoms with E-state index in [-0.39, 0.29) is 11.5 Å². The number of phenolic OH excluding ortho intramolecular Hbond substituents is 2. The summed E-state index contributed by atoms with van der Waals surface area (Å²) in [5, 5.41) is 21.5. The summed E-state index contributed by atoms with van der Waals surface area (Å²) in [7, 11) is 3.05. The molecule has 0 saturated heterocycles. The normalized spacial score (nSPS) is 10.4. The van der Waals surface area contributed by atoms with Gasteiger partial charge in [0, 0.05) is 5.56 Å². The van der Waals surface area contributed by atoms with E-state index in [4.69, 9.17) is 14.2 Å². The number of methoxy groups -OCH3 is 2. The molecule has 3 aromatic rings. The zero-order chi connectivity index (χ0) is 21.7. The Bertz CT molecular complexity index is 1050. The molecular weight excluding hydrogens is 380 g/mol. The van der Waals surface area contributed by atoms with Crippen LogP contribution in [0.15, 0.2) is 66.2 Å². The van der Waals surface area contributed by atoms with Crippen LogP contribution in [0.25, 0.3) is 22.3 Å². The summed E-state index contributed by atoms with van der Waals surface area (Å²) in [4.78, 5) is 0. The number of aromatic hydroxyl groups is 2. The van der Waals surface area contributed by atoms with Crippen molar-refractivity contribution in [3.05, 3.63) is 66.2 Å². The molecule has 0 bridgehead atoms. The third-order valence-corrected chi connectivity index (χ3v) is 4.71. The van der Waals surface area contributed by atoms with Crippen LogP contribution in [-0.4, -0.2) is 31.0 Å². The van der Waals surface area contributed by atoms with Crippen molar-refractivity contribution in [1.29, 1.82) is 0 Å². The van der Waals surface area contributed by atoms with Crippen molar-refractivity contribution in [3.8, 4) is 51.0 Å². The molecule has 0 saturated carbocycles. The molecule has 0 aliphatic rings. The maximum absolute atomic E-state index is 11.0. The van der Waals surface area contributed by atoms with E-state index < -0.39 is 0 Å². The van der Waals surface area contributed by atoms with Crippen molar-refractivity contribution < 1.29 is 24.4 Å². The molecule has 0 amide bonds. The van der Waals surface area contributed by atoms with Crippen molar-refractivity contribution in [2.24, 2.45) is 0 Å². The smallest absolute Gasteiger partial charge is 0.170 e. The molecule has 156 valence electrons. The lowest BCUT2D eigenvalue weighted by atomic mass is 9.96. The van der Waals surface area contributed by atoms with Crippen molar-refractivity contribution >= 4 is 0 Å². The van der Waals surface area contributed by atoms with E-state index in [1.165, 1.54) is 20.3 Å². The largest absolute Gasteiger partial charge is 0.504 e. The number of hydrogen-bond donors (Lipinski definition) is 2. The number of benzene rings is 3. The average molecular weight is 406 g/mol. The summed E-state index contributed by atoms with van der Waals surface area (Å²) >= 11 is 0. The second kappa shape index (κ2) is 9.27. The summed E-state index contributed by atoms with van der Waals surface area (Å²) in [5.74, 6) is 1.07. The van der Waals surface area contributed by atoms with Crippen molar-refractivity contribution in [2.45, 2.75) is 13.8 Å². The lowest BCUT2D eigenvalue weighted by Gasteiger charge is -2.18. The minimum absolute atomic E-state index is 0.0257. The molecule has 0 aliphatic heterocycles. The quantitative estimate of drug-likeness (QED) is 0.486. The Morgan fingerprint density at radius 2 is 1.60 bits per heavy atom. The number of allylic oxidation sites excluding steroid dienone is 1. The Morgan fingerprint density at radius 1 is 0.867 bits per heavy atom. The number of hydrogen-bond acceptors (Lipinski definition) is 5. The second-order valence-corrected chi connectivity index (χ2v) is 7.02. The van der Waals surface area contributed by atoms with Gasteiger partial charge in [0.2, 0.25) is 0 Å². The van der Waals surface area contributed by atoms with Gasteiger partial charge < -0.3 is 24.4 Å². The van der Waals surface area contributed by atoms with Crippen molar-refractivity contribution in [1.82, 2.24) is 0 Å². The predicted molar refractivity (Wildman–Crippen MR) is 119 cm³/mol. The van der Waals surface area contributed by atoms with Crippen molar-refractivity contribution in [3.63, 3.8) is 0 Å². The summed E-state index contributed by atoms with van der Waals surface area (Å²) in [6.45, 7) is 4.32. The third kappa shape index (κ3) is 4.35. The van der Waals surface area contributed by atoms with Crippen LogP contribution in [0.1, 0.15) is 13.8 Å². The molecule has 2 N–H and O–H groups in total. The van der Waals surface area contributed by atoms with Gasteiger partial charge in [-0.05, 0) is 49.2 Å². The van der Waals surface area contributed by atoms with E-state index in [2.05, 4.69) is 0 Å². The Balaban J connectivity index is 2.08. The van der Waals surface area contributed by atoms with Gasteiger partial charge >= 0.3 is 0 Å². The Hall–Kier alpha value is -3.60. The topological polar surface area (TPSA) is 68.2 Å². The van der Waals surface area contributed by atoms with Crippen LogP contribution >= 0.6 is 0 Å². The Kier molecular flexibility index (Phi) is 6.52. The molecule has 0 aliphatic carbocycles. The summed E-state index contributed by atoms with van der Waals surface area (Å²) < 4.78 is 16.7. The molecule has 3 aromatic carbocycles. The van der Waals surface area contributed by atoms with E-state index >= 15 is 0 Å². The molecule has 0 unspecified atom stereocenters. The second-order valence-electron chi connectivity index (χ2n) is 7.02. The lowest BCUT2D eigenvalue weighted by molar-refractivity contribution is 0.335. The van der Waals surface area contributed by atoms with Gasteiger partial charge in [0.1, 0.15) is 12.4 Å². The van der Waals surface area contributed by atoms with E-state index in [1.54, 1.807) is 12.1 Å². The summed E-state index contributed by atoms with van der Waals surface area (Å²) in [6.07, 6.45) is 1.93. The first kappa shape index (κ1) is 21.1. The highest BCUT2D eigenvalue weighted by Gasteiger charge is 2.22. The number of rotatable bonds is 7. The van der Waals surface area contributed by atoms with Gasteiger partial charge in [-0.25, -0.2) is 0 Å². The molecule has 0 radical (unpaired) electrons. The highest BCUT2D eigenvalue weighted by molar-refractivity contribution is 5.88. The zero-order valence-corrected chi connectivity index (χ0v) is 17.6. The molecule has 0 heterocycles. The van der Waals surface area contributed by atoms with E-state index in [0.29, 0.717) is 40.5 Å². The molecule has 0 aromatic heterocycles. The SMILES string of the molecule is COc1cc(-c2ccccc2)c(OC)c(O)c1-c1ccc(OCC=C(C)C)c(O)c1. The van der Waals surface area contributed by atoms with Crippen LogP contribution in [-0.2, 0) is 0 Å². The molecule has 0 spiro atoms. The molecule has 5 nitrogen and oxygen atoms in total. The van der Waals surface area contributed by atoms with E-state index in [0.717, 1.165) is 11.1 Å². The number of phenols is 2. The summed E-state index contributed by atoms with van der Waals surface area (Å²) in [5.41, 5.74) is 3.74. The van der Waals surface area contributed by atoms with Gasteiger partial charge in [0.25, 0.3) is 0 Å². The van der Waals surface area contributed by atoms with Crippen LogP contribution in [0.5, 0.6) is 28.7 Å². The van der Waals surface area contributed by atoms with Crippen molar-refractivity contribution in [2.75, 3.05) is 20.8 Å².